The largest absolute Gasteiger partial charge is 0.497 e. The molecule has 0 aliphatic carbocycles. The van der Waals surface area contributed by atoms with Crippen LogP contribution in [-0.4, -0.2) is 18.1 Å². The van der Waals surface area contributed by atoms with Crippen molar-refractivity contribution in [3.63, 3.8) is 0 Å². The van der Waals surface area contributed by atoms with Gasteiger partial charge in [-0.1, -0.05) is 6.07 Å². The van der Waals surface area contributed by atoms with Crippen LogP contribution in [0.2, 0.25) is 0 Å². The number of aromatic nitrogens is 1. The molecule has 0 fully saturated rings. The van der Waals surface area contributed by atoms with Gasteiger partial charge in [-0.05, 0) is 30.3 Å². The number of amides is 2. The van der Waals surface area contributed by atoms with E-state index in [0.717, 1.165) is 0 Å². The summed E-state index contributed by atoms with van der Waals surface area (Å²) in [7, 11) is 1.58. The first kappa shape index (κ1) is 13.9. The van der Waals surface area contributed by atoms with Crippen molar-refractivity contribution in [2.75, 3.05) is 17.7 Å². The third-order valence-electron chi connectivity index (χ3n) is 3.08. The molecule has 1 heterocycles. The van der Waals surface area contributed by atoms with Crippen molar-refractivity contribution in [2.24, 2.45) is 0 Å². The van der Waals surface area contributed by atoms with E-state index < -0.39 is 0 Å². The first-order valence-electron chi connectivity index (χ1n) is 6.73. The molecule has 0 aliphatic rings. The number of rotatable bonds is 3. The molecule has 2 N–H and O–H groups in total. The highest BCUT2D eigenvalue weighted by molar-refractivity contribution is 6.00. The summed E-state index contributed by atoms with van der Waals surface area (Å²) in [4.78, 5) is 16.2. The van der Waals surface area contributed by atoms with E-state index in [9.17, 15) is 4.79 Å². The van der Waals surface area contributed by atoms with Crippen molar-refractivity contribution >= 4 is 28.5 Å². The fraction of sp³-hybridized carbons (Fsp3) is 0.125. The van der Waals surface area contributed by atoms with Crippen LogP contribution in [0.5, 0.6) is 5.75 Å². The summed E-state index contributed by atoms with van der Waals surface area (Å²) >= 11 is 0. The smallest absolute Gasteiger partial charge is 0.323 e. The molecular weight excluding hydrogens is 282 g/mol. The Balaban J connectivity index is 1.71. The molecule has 22 heavy (non-hydrogen) atoms. The minimum absolute atomic E-state index is 0.340. The van der Waals surface area contributed by atoms with Crippen molar-refractivity contribution in [1.29, 1.82) is 0 Å². The van der Waals surface area contributed by atoms with Crippen LogP contribution in [0.4, 0.5) is 16.2 Å². The summed E-state index contributed by atoms with van der Waals surface area (Å²) in [5, 5.41) is 5.50. The van der Waals surface area contributed by atoms with E-state index in [-0.39, 0.29) is 6.03 Å². The second-order valence-corrected chi connectivity index (χ2v) is 4.73. The number of hydrogen-bond donors (Lipinski definition) is 2. The predicted molar refractivity (Wildman–Crippen MR) is 84.4 cm³/mol. The van der Waals surface area contributed by atoms with Crippen LogP contribution in [0.15, 0.2) is 46.9 Å². The summed E-state index contributed by atoms with van der Waals surface area (Å²) in [5.74, 6) is 1.27. The second-order valence-electron chi connectivity index (χ2n) is 4.73. The normalized spacial score (nSPS) is 10.5. The quantitative estimate of drug-likeness (QED) is 0.771. The summed E-state index contributed by atoms with van der Waals surface area (Å²) < 4.78 is 10.5. The number of nitrogens with zero attached hydrogens (tertiary/aromatic N) is 1. The first-order valence-corrected chi connectivity index (χ1v) is 6.73. The molecule has 0 unspecified atom stereocenters. The first-order chi connectivity index (χ1) is 10.6. The molecular formula is C16H15N3O3. The Morgan fingerprint density at radius 1 is 1.14 bits per heavy atom. The van der Waals surface area contributed by atoms with Crippen molar-refractivity contribution in [3.8, 4) is 5.75 Å². The Morgan fingerprint density at radius 3 is 2.68 bits per heavy atom. The van der Waals surface area contributed by atoms with Gasteiger partial charge in [0.25, 0.3) is 0 Å². The van der Waals surface area contributed by atoms with Crippen molar-refractivity contribution in [1.82, 2.24) is 4.98 Å². The SMILES string of the molecule is COc1cccc(NC(=O)Nc2ccc3oc(C)nc3c2)c1. The predicted octanol–water partition coefficient (Wildman–Crippen LogP) is 3.79. The van der Waals surface area contributed by atoms with Crippen LogP contribution in [0.3, 0.4) is 0 Å². The zero-order chi connectivity index (χ0) is 15.5. The molecule has 112 valence electrons. The molecule has 3 aromatic rings. The molecule has 1 aromatic heterocycles. The maximum absolute atomic E-state index is 12.0. The fourth-order valence-corrected chi connectivity index (χ4v) is 2.11. The van der Waals surface area contributed by atoms with Gasteiger partial charge < -0.3 is 19.8 Å². The third kappa shape index (κ3) is 3.01. The van der Waals surface area contributed by atoms with Gasteiger partial charge in [-0.15, -0.1) is 0 Å². The number of nitrogens with one attached hydrogen (secondary N) is 2. The van der Waals surface area contributed by atoms with Gasteiger partial charge in [-0.2, -0.15) is 0 Å². The molecule has 0 saturated heterocycles. The van der Waals surface area contributed by atoms with E-state index in [2.05, 4.69) is 15.6 Å². The van der Waals surface area contributed by atoms with E-state index in [1.807, 2.05) is 6.07 Å². The molecule has 0 aliphatic heterocycles. The Morgan fingerprint density at radius 2 is 1.91 bits per heavy atom. The van der Waals surface area contributed by atoms with Gasteiger partial charge in [-0.25, -0.2) is 9.78 Å². The lowest BCUT2D eigenvalue weighted by molar-refractivity contribution is 0.262. The van der Waals surface area contributed by atoms with E-state index >= 15 is 0 Å². The number of benzene rings is 2. The molecule has 3 rings (SSSR count). The fourth-order valence-electron chi connectivity index (χ4n) is 2.11. The van der Waals surface area contributed by atoms with E-state index in [1.165, 1.54) is 0 Å². The Bertz CT molecular complexity index is 826. The monoisotopic (exact) mass is 297 g/mol. The number of oxazole rings is 1. The average molecular weight is 297 g/mol. The topological polar surface area (TPSA) is 76.4 Å². The van der Waals surface area contributed by atoms with Crippen LogP contribution in [-0.2, 0) is 0 Å². The summed E-state index contributed by atoms with van der Waals surface area (Å²) in [5.41, 5.74) is 2.68. The molecule has 0 radical (unpaired) electrons. The second kappa shape index (κ2) is 5.77. The van der Waals surface area contributed by atoms with Crippen LogP contribution >= 0.6 is 0 Å². The highest BCUT2D eigenvalue weighted by Crippen LogP contribution is 2.20. The number of urea groups is 1. The highest BCUT2D eigenvalue weighted by atomic mass is 16.5. The zero-order valence-corrected chi connectivity index (χ0v) is 12.2. The van der Waals surface area contributed by atoms with E-state index in [1.54, 1.807) is 50.4 Å². The average Bonchev–Trinajstić information content (AvgIpc) is 2.86. The standard InChI is InChI=1S/C16H15N3O3/c1-10-17-14-9-12(6-7-15(14)22-10)19-16(20)18-11-4-3-5-13(8-11)21-2/h3-9H,1-2H3,(H2,18,19,20). The minimum atomic E-state index is -0.340. The van der Waals surface area contributed by atoms with Gasteiger partial charge in [-0.3, -0.25) is 0 Å². The summed E-state index contributed by atoms with van der Waals surface area (Å²) in [6.45, 7) is 1.78. The summed E-state index contributed by atoms with van der Waals surface area (Å²) in [6, 6.07) is 12.1. The van der Waals surface area contributed by atoms with Crippen molar-refractivity contribution in [3.05, 3.63) is 48.4 Å². The molecule has 0 bridgehead atoms. The summed E-state index contributed by atoms with van der Waals surface area (Å²) in [6.07, 6.45) is 0. The lowest BCUT2D eigenvalue weighted by Crippen LogP contribution is -2.19. The Kier molecular flexibility index (Phi) is 3.65. The maximum Gasteiger partial charge on any atom is 0.323 e. The van der Waals surface area contributed by atoms with Gasteiger partial charge in [0, 0.05) is 24.4 Å². The van der Waals surface area contributed by atoms with Gasteiger partial charge in [0.05, 0.1) is 7.11 Å². The van der Waals surface area contributed by atoms with E-state index in [4.69, 9.17) is 9.15 Å². The molecule has 0 atom stereocenters. The molecule has 0 spiro atoms. The molecule has 2 aromatic carbocycles. The van der Waals surface area contributed by atoms with Crippen LogP contribution < -0.4 is 15.4 Å². The lowest BCUT2D eigenvalue weighted by atomic mass is 10.3. The van der Waals surface area contributed by atoms with Gasteiger partial charge in [0.2, 0.25) is 0 Å². The molecule has 6 heteroatoms. The van der Waals surface area contributed by atoms with E-state index in [0.29, 0.717) is 34.1 Å². The van der Waals surface area contributed by atoms with Gasteiger partial charge in [0.15, 0.2) is 11.5 Å². The Hall–Kier alpha value is -3.02. The minimum Gasteiger partial charge on any atom is -0.497 e. The van der Waals surface area contributed by atoms with Gasteiger partial charge >= 0.3 is 6.03 Å². The third-order valence-corrected chi connectivity index (χ3v) is 3.08. The number of aryl methyl sites for hydroxylation is 1. The van der Waals surface area contributed by atoms with Crippen molar-refractivity contribution in [2.45, 2.75) is 6.92 Å². The number of hydrogen-bond acceptors (Lipinski definition) is 4. The molecule has 2 amide bonds. The van der Waals surface area contributed by atoms with Crippen LogP contribution in [0.25, 0.3) is 11.1 Å². The highest BCUT2D eigenvalue weighted by Gasteiger charge is 2.07. The van der Waals surface area contributed by atoms with Crippen LogP contribution in [0.1, 0.15) is 5.89 Å². The Labute approximate surface area is 127 Å². The maximum atomic E-state index is 12.0. The van der Waals surface area contributed by atoms with Gasteiger partial charge in [0.1, 0.15) is 11.3 Å². The lowest BCUT2D eigenvalue weighted by Gasteiger charge is -2.08. The number of carbonyl (C=O) groups is 1. The molecule has 0 saturated carbocycles. The van der Waals surface area contributed by atoms with Crippen LogP contribution in [0, 0.1) is 6.92 Å². The number of fused-ring (bicyclic) bond motifs is 1. The number of anilines is 2. The number of ether oxygens (including phenoxy) is 1. The number of methoxy groups -OCH3 is 1. The number of carbonyl (C=O) groups excluding carboxylic acids is 1. The molecule has 6 nitrogen and oxygen atoms in total. The zero-order valence-electron chi connectivity index (χ0n) is 12.2. The van der Waals surface area contributed by atoms with Crippen molar-refractivity contribution < 1.29 is 13.9 Å².